The lowest BCUT2D eigenvalue weighted by atomic mass is 10.1. The van der Waals surface area contributed by atoms with Gasteiger partial charge < -0.3 is 9.88 Å². The second-order valence-electron chi connectivity index (χ2n) is 6.13. The molecule has 1 aromatic heterocycles. The van der Waals surface area contributed by atoms with Crippen molar-refractivity contribution in [3.05, 3.63) is 88.2 Å². The Morgan fingerprint density at radius 3 is 2.52 bits per heavy atom. The van der Waals surface area contributed by atoms with Crippen LogP contribution in [0.1, 0.15) is 17.0 Å². The first kappa shape index (κ1) is 18.5. The van der Waals surface area contributed by atoms with Crippen molar-refractivity contribution >= 4 is 29.3 Å². The number of carbonyl (C=O) groups is 1. The molecule has 2 aromatic carbocycles. The second kappa shape index (κ2) is 7.94. The normalized spacial score (nSPS) is 11.1. The molecule has 3 aromatic rings. The van der Waals surface area contributed by atoms with E-state index in [1.165, 1.54) is 0 Å². The van der Waals surface area contributed by atoms with Gasteiger partial charge in [-0.05, 0) is 61.9 Å². The zero-order chi connectivity index (χ0) is 19.4. The van der Waals surface area contributed by atoms with E-state index in [0.717, 1.165) is 22.6 Å². The summed E-state index contributed by atoms with van der Waals surface area (Å²) in [6, 6.07) is 20.6. The highest BCUT2D eigenvalue weighted by Gasteiger charge is 2.14. The summed E-state index contributed by atoms with van der Waals surface area (Å²) >= 11 is 6.11. The third-order valence-corrected chi connectivity index (χ3v) is 4.47. The number of hydrogen-bond donors (Lipinski definition) is 1. The number of nitrogens with zero attached hydrogens (tertiary/aromatic N) is 2. The molecule has 134 valence electrons. The number of benzene rings is 2. The van der Waals surface area contributed by atoms with Crippen LogP contribution in [-0.4, -0.2) is 10.5 Å². The van der Waals surface area contributed by atoms with Gasteiger partial charge in [-0.2, -0.15) is 5.26 Å². The number of para-hydroxylation sites is 1. The number of hydrogen-bond acceptors (Lipinski definition) is 2. The summed E-state index contributed by atoms with van der Waals surface area (Å²) in [6.07, 6.45) is 1.61. The SMILES string of the molecule is Cc1cc(/C=C(\C#N)C(=O)Nc2ccccc2)c(C)n1-c1cccc(Cl)c1. The van der Waals surface area contributed by atoms with E-state index < -0.39 is 5.91 Å². The number of halogens is 1. The van der Waals surface area contributed by atoms with Crippen molar-refractivity contribution in [2.75, 3.05) is 5.32 Å². The van der Waals surface area contributed by atoms with Gasteiger partial charge >= 0.3 is 0 Å². The van der Waals surface area contributed by atoms with Crippen molar-refractivity contribution in [1.29, 1.82) is 5.26 Å². The highest BCUT2D eigenvalue weighted by atomic mass is 35.5. The van der Waals surface area contributed by atoms with Crippen LogP contribution in [-0.2, 0) is 4.79 Å². The molecule has 0 bridgehead atoms. The van der Waals surface area contributed by atoms with Crippen molar-refractivity contribution in [2.24, 2.45) is 0 Å². The Labute approximate surface area is 163 Å². The van der Waals surface area contributed by atoms with Gasteiger partial charge in [-0.3, -0.25) is 4.79 Å². The molecule has 0 unspecified atom stereocenters. The van der Waals surface area contributed by atoms with Crippen molar-refractivity contribution in [3.63, 3.8) is 0 Å². The van der Waals surface area contributed by atoms with Gasteiger partial charge in [-0.25, -0.2) is 0 Å². The van der Waals surface area contributed by atoms with E-state index in [9.17, 15) is 10.1 Å². The lowest BCUT2D eigenvalue weighted by molar-refractivity contribution is -0.112. The Hall–Kier alpha value is -3.29. The van der Waals surface area contributed by atoms with Crippen LogP contribution < -0.4 is 5.32 Å². The molecule has 0 atom stereocenters. The Bertz CT molecular complexity index is 1060. The molecule has 0 aliphatic rings. The topological polar surface area (TPSA) is 57.8 Å². The minimum atomic E-state index is -0.434. The molecule has 0 aliphatic heterocycles. The fourth-order valence-electron chi connectivity index (χ4n) is 2.97. The summed E-state index contributed by atoms with van der Waals surface area (Å²) in [5.41, 5.74) is 4.35. The molecule has 0 fully saturated rings. The fraction of sp³-hybridized carbons (Fsp3) is 0.0909. The predicted molar refractivity (Wildman–Crippen MR) is 109 cm³/mol. The van der Waals surface area contributed by atoms with Crippen LogP contribution in [0.15, 0.2) is 66.2 Å². The monoisotopic (exact) mass is 375 g/mol. The number of rotatable bonds is 4. The average Bonchev–Trinajstić information content (AvgIpc) is 2.93. The van der Waals surface area contributed by atoms with Gasteiger partial charge in [0.25, 0.3) is 5.91 Å². The molecule has 3 rings (SSSR count). The molecular weight excluding hydrogens is 358 g/mol. The molecule has 5 heteroatoms. The minimum absolute atomic E-state index is 0.0465. The molecule has 27 heavy (non-hydrogen) atoms. The second-order valence-corrected chi connectivity index (χ2v) is 6.57. The van der Waals surface area contributed by atoms with Crippen molar-refractivity contribution in [3.8, 4) is 11.8 Å². The summed E-state index contributed by atoms with van der Waals surface area (Å²) < 4.78 is 2.04. The maximum Gasteiger partial charge on any atom is 0.266 e. The zero-order valence-corrected chi connectivity index (χ0v) is 15.8. The van der Waals surface area contributed by atoms with E-state index in [2.05, 4.69) is 5.32 Å². The number of amides is 1. The molecule has 1 N–H and O–H groups in total. The third kappa shape index (κ3) is 4.11. The molecule has 0 spiro atoms. The Morgan fingerprint density at radius 1 is 1.11 bits per heavy atom. The van der Waals surface area contributed by atoms with Crippen LogP contribution in [0.5, 0.6) is 0 Å². The Balaban J connectivity index is 1.95. The van der Waals surface area contributed by atoms with Gasteiger partial charge in [0.1, 0.15) is 11.6 Å². The molecular formula is C22H18ClN3O. The average molecular weight is 376 g/mol. The smallest absolute Gasteiger partial charge is 0.266 e. The summed E-state index contributed by atoms with van der Waals surface area (Å²) in [7, 11) is 0. The highest BCUT2D eigenvalue weighted by Crippen LogP contribution is 2.24. The largest absolute Gasteiger partial charge is 0.321 e. The summed E-state index contributed by atoms with van der Waals surface area (Å²) in [5, 5.41) is 12.8. The van der Waals surface area contributed by atoms with Crippen LogP contribution in [0.4, 0.5) is 5.69 Å². The van der Waals surface area contributed by atoms with Crippen LogP contribution in [0.3, 0.4) is 0 Å². The Kier molecular flexibility index (Phi) is 5.44. The molecule has 1 amide bonds. The maximum atomic E-state index is 12.4. The van der Waals surface area contributed by atoms with E-state index >= 15 is 0 Å². The number of aromatic nitrogens is 1. The van der Waals surface area contributed by atoms with Crippen LogP contribution >= 0.6 is 11.6 Å². The summed E-state index contributed by atoms with van der Waals surface area (Å²) in [4.78, 5) is 12.4. The fourth-order valence-corrected chi connectivity index (χ4v) is 3.15. The maximum absolute atomic E-state index is 12.4. The molecule has 0 aliphatic carbocycles. The van der Waals surface area contributed by atoms with E-state index in [4.69, 9.17) is 11.6 Å². The van der Waals surface area contributed by atoms with Crippen molar-refractivity contribution in [2.45, 2.75) is 13.8 Å². The number of carbonyl (C=O) groups excluding carboxylic acids is 1. The number of aryl methyl sites for hydroxylation is 1. The quantitative estimate of drug-likeness (QED) is 0.497. The first-order valence-corrected chi connectivity index (χ1v) is 8.80. The highest BCUT2D eigenvalue weighted by molar-refractivity contribution is 6.30. The predicted octanol–water partition coefficient (Wildman–Crippen LogP) is 5.29. The van der Waals surface area contributed by atoms with Gasteiger partial charge in [-0.1, -0.05) is 35.9 Å². The van der Waals surface area contributed by atoms with E-state index in [1.54, 1.807) is 18.2 Å². The molecule has 0 saturated carbocycles. The molecule has 0 saturated heterocycles. The van der Waals surface area contributed by atoms with Gasteiger partial charge in [0, 0.05) is 27.8 Å². The van der Waals surface area contributed by atoms with Crippen molar-refractivity contribution in [1.82, 2.24) is 4.57 Å². The standard InChI is InChI=1S/C22H18ClN3O/c1-15-11-17(16(2)26(15)21-10-6-7-19(23)13-21)12-18(14-24)22(27)25-20-8-4-3-5-9-20/h3-13H,1-2H3,(H,25,27)/b18-12+. The minimum Gasteiger partial charge on any atom is -0.321 e. The lowest BCUT2D eigenvalue weighted by Crippen LogP contribution is -2.13. The van der Waals surface area contributed by atoms with Gasteiger partial charge in [0.15, 0.2) is 0 Å². The summed E-state index contributed by atoms with van der Waals surface area (Å²) in [6.45, 7) is 3.92. The number of nitrogens with one attached hydrogen (secondary N) is 1. The molecule has 0 radical (unpaired) electrons. The van der Waals surface area contributed by atoms with Crippen LogP contribution in [0.2, 0.25) is 5.02 Å². The van der Waals surface area contributed by atoms with Crippen molar-refractivity contribution < 1.29 is 4.79 Å². The zero-order valence-electron chi connectivity index (χ0n) is 15.0. The van der Waals surface area contributed by atoms with Gasteiger partial charge in [-0.15, -0.1) is 0 Å². The van der Waals surface area contributed by atoms with Gasteiger partial charge in [0.2, 0.25) is 0 Å². The van der Waals surface area contributed by atoms with Gasteiger partial charge in [0.05, 0.1) is 0 Å². The third-order valence-electron chi connectivity index (χ3n) is 4.23. The summed E-state index contributed by atoms with van der Waals surface area (Å²) in [5.74, 6) is -0.434. The van der Waals surface area contributed by atoms with Crippen LogP contribution in [0, 0.1) is 25.2 Å². The lowest BCUT2D eigenvalue weighted by Gasteiger charge is -2.10. The van der Waals surface area contributed by atoms with E-state index in [-0.39, 0.29) is 5.57 Å². The number of anilines is 1. The van der Waals surface area contributed by atoms with E-state index in [0.29, 0.717) is 10.7 Å². The molecule has 1 heterocycles. The van der Waals surface area contributed by atoms with Crippen LogP contribution in [0.25, 0.3) is 11.8 Å². The number of nitriles is 1. The van der Waals surface area contributed by atoms with E-state index in [1.807, 2.05) is 73.0 Å². The first-order valence-electron chi connectivity index (χ1n) is 8.42. The molecule has 4 nitrogen and oxygen atoms in total. The Morgan fingerprint density at radius 2 is 1.85 bits per heavy atom. The first-order chi connectivity index (χ1) is 13.0.